The van der Waals surface area contributed by atoms with Crippen molar-refractivity contribution in [2.45, 2.75) is 45.7 Å². The third-order valence-electron chi connectivity index (χ3n) is 5.65. The fourth-order valence-corrected chi connectivity index (χ4v) is 5.01. The zero-order valence-electron chi connectivity index (χ0n) is 21.0. The Labute approximate surface area is 223 Å². The lowest BCUT2D eigenvalue weighted by Crippen LogP contribution is -2.52. The quantitative estimate of drug-likeness (QED) is 0.366. The van der Waals surface area contributed by atoms with Gasteiger partial charge in [-0.2, -0.15) is 0 Å². The van der Waals surface area contributed by atoms with Gasteiger partial charge in [-0.25, -0.2) is 8.42 Å². The molecule has 0 heterocycles. The lowest BCUT2D eigenvalue weighted by Gasteiger charge is -2.33. The van der Waals surface area contributed by atoms with Gasteiger partial charge in [0.15, 0.2) is 0 Å². The Morgan fingerprint density at radius 3 is 2.17 bits per heavy atom. The molecule has 2 rings (SSSR count). The summed E-state index contributed by atoms with van der Waals surface area (Å²) in [6, 6.07) is 10.4. The second kappa shape index (κ2) is 13.7. The van der Waals surface area contributed by atoms with Crippen molar-refractivity contribution < 1.29 is 22.7 Å². The van der Waals surface area contributed by atoms with Gasteiger partial charge < -0.3 is 15.0 Å². The SMILES string of the molecule is CCCCNC(=O)C(CC)N(Cc1c(Cl)cccc1Cl)C(=O)CN(c1ccc(OC)cc1)S(C)(=O)=O. The number of carbonyl (C=O) groups excluding carboxylic acids is 2. The molecule has 0 aliphatic rings. The van der Waals surface area contributed by atoms with Crippen molar-refractivity contribution in [3.05, 3.63) is 58.1 Å². The van der Waals surface area contributed by atoms with Crippen LogP contribution >= 0.6 is 23.2 Å². The summed E-state index contributed by atoms with van der Waals surface area (Å²) in [4.78, 5) is 28.1. The van der Waals surface area contributed by atoms with Crippen LogP contribution in [0.4, 0.5) is 5.69 Å². The van der Waals surface area contributed by atoms with E-state index in [-0.39, 0.29) is 12.5 Å². The molecule has 11 heteroatoms. The normalized spacial score (nSPS) is 12.1. The molecule has 0 saturated carbocycles. The number of amides is 2. The Kier molecular flexibility index (Phi) is 11.3. The summed E-state index contributed by atoms with van der Waals surface area (Å²) in [6.07, 6.45) is 3.04. The summed E-state index contributed by atoms with van der Waals surface area (Å²) in [6.45, 7) is 3.71. The molecule has 0 aliphatic carbocycles. The molecule has 8 nitrogen and oxygen atoms in total. The number of carbonyl (C=O) groups is 2. The summed E-state index contributed by atoms with van der Waals surface area (Å²) in [5.41, 5.74) is 0.771. The molecule has 0 aromatic heterocycles. The molecule has 0 fully saturated rings. The number of halogens is 2. The molecule has 1 N–H and O–H groups in total. The van der Waals surface area contributed by atoms with Crippen molar-refractivity contribution in [1.29, 1.82) is 0 Å². The van der Waals surface area contributed by atoms with Crippen molar-refractivity contribution >= 4 is 50.7 Å². The minimum absolute atomic E-state index is 0.0583. The van der Waals surface area contributed by atoms with Crippen molar-refractivity contribution in [3.63, 3.8) is 0 Å². The summed E-state index contributed by atoms with van der Waals surface area (Å²) in [7, 11) is -2.33. The topological polar surface area (TPSA) is 96.0 Å². The molecule has 0 saturated heterocycles. The van der Waals surface area contributed by atoms with E-state index < -0.39 is 28.5 Å². The van der Waals surface area contributed by atoms with E-state index in [2.05, 4.69) is 5.32 Å². The maximum Gasteiger partial charge on any atom is 0.244 e. The minimum Gasteiger partial charge on any atom is -0.497 e. The van der Waals surface area contributed by atoms with Crippen molar-refractivity contribution in [2.75, 3.05) is 30.8 Å². The van der Waals surface area contributed by atoms with Gasteiger partial charge in [0.1, 0.15) is 18.3 Å². The number of anilines is 1. The number of hydrogen-bond acceptors (Lipinski definition) is 5. The van der Waals surface area contributed by atoms with Crippen LogP contribution in [0.5, 0.6) is 5.75 Å². The average molecular weight is 559 g/mol. The largest absolute Gasteiger partial charge is 0.497 e. The van der Waals surface area contributed by atoms with Gasteiger partial charge in [-0.3, -0.25) is 13.9 Å². The predicted octanol–water partition coefficient (Wildman–Crippen LogP) is 4.49. The molecule has 0 bridgehead atoms. The van der Waals surface area contributed by atoms with Crippen molar-refractivity contribution in [2.24, 2.45) is 0 Å². The second-order valence-corrected chi connectivity index (χ2v) is 11.0. The van der Waals surface area contributed by atoms with E-state index >= 15 is 0 Å². The molecule has 2 aromatic carbocycles. The van der Waals surface area contributed by atoms with Crippen LogP contribution in [0.1, 0.15) is 38.7 Å². The molecule has 36 heavy (non-hydrogen) atoms. The van der Waals surface area contributed by atoms with Crippen LogP contribution in [-0.2, 0) is 26.2 Å². The standard InChI is InChI=1S/C25H33Cl2N3O5S/c1-5-7-15-28-25(32)23(6-2)29(16-20-21(26)9-8-10-22(20)27)24(31)17-30(36(4,33)34)18-11-13-19(35-3)14-12-18/h8-14,23H,5-7,15-17H2,1-4H3,(H,28,32). The van der Waals surface area contributed by atoms with E-state index in [9.17, 15) is 18.0 Å². The van der Waals surface area contributed by atoms with Crippen LogP contribution in [0, 0.1) is 0 Å². The lowest BCUT2D eigenvalue weighted by atomic mass is 10.1. The highest BCUT2D eigenvalue weighted by atomic mass is 35.5. The van der Waals surface area contributed by atoms with Crippen molar-refractivity contribution in [1.82, 2.24) is 10.2 Å². The zero-order chi connectivity index (χ0) is 26.9. The van der Waals surface area contributed by atoms with Crippen LogP contribution in [0.15, 0.2) is 42.5 Å². The Morgan fingerprint density at radius 2 is 1.67 bits per heavy atom. The maximum atomic E-state index is 13.7. The van der Waals surface area contributed by atoms with Gasteiger partial charge >= 0.3 is 0 Å². The first-order valence-electron chi connectivity index (χ1n) is 11.6. The van der Waals surface area contributed by atoms with E-state index in [4.69, 9.17) is 27.9 Å². The zero-order valence-corrected chi connectivity index (χ0v) is 23.3. The highest BCUT2D eigenvalue weighted by Crippen LogP contribution is 2.28. The van der Waals surface area contributed by atoms with Crippen LogP contribution < -0.4 is 14.4 Å². The lowest BCUT2D eigenvalue weighted by molar-refractivity contribution is -0.140. The van der Waals surface area contributed by atoms with Crippen LogP contribution in [0.2, 0.25) is 10.0 Å². The first kappa shape index (κ1) is 29.7. The smallest absolute Gasteiger partial charge is 0.244 e. The fraction of sp³-hybridized carbons (Fsp3) is 0.440. The van der Waals surface area contributed by atoms with Crippen LogP contribution in [0.25, 0.3) is 0 Å². The minimum atomic E-state index is -3.83. The molecular weight excluding hydrogens is 525 g/mol. The van der Waals surface area contributed by atoms with E-state index in [0.29, 0.717) is 40.0 Å². The number of sulfonamides is 1. The highest BCUT2D eigenvalue weighted by molar-refractivity contribution is 7.92. The molecule has 0 radical (unpaired) electrons. The molecular formula is C25H33Cl2N3O5S. The first-order chi connectivity index (χ1) is 17.0. The third-order valence-corrected chi connectivity index (χ3v) is 7.49. The fourth-order valence-electron chi connectivity index (χ4n) is 3.64. The molecule has 1 atom stereocenters. The van der Waals surface area contributed by atoms with E-state index in [0.717, 1.165) is 23.4 Å². The Hall–Kier alpha value is -2.49. The summed E-state index contributed by atoms with van der Waals surface area (Å²) in [5.74, 6) is -0.342. The number of methoxy groups -OCH3 is 1. The van der Waals surface area contributed by atoms with Gasteiger partial charge in [-0.1, -0.05) is 49.5 Å². The van der Waals surface area contributed by atoms with Crippen LogP contribution in [-0.4, -0.2) is 57.6 Å². The number of benzene rings is 2. The first-order valence-corrected chi connectivity index (χ1v) is 14.3. The number of hydrogen-bond donors (Lipinski definition) is 1. The number of nitrogens with zero attached hydrogens (tertiary/aromatic N) is 2. The molecule has 0 spiro atoms. The number of unbranched alkanes of at least 4 members (excludes halogenated alkanes) is 1. The van der Waals surface area contributed by atoms with Gasteiger partial charge in [0.25, 0.3) is 0 Å². The Morgan fingerprint density at radius 1 is 1.06 bits per heavy atom. The third kappa shape index (κ3) is 8.01. The van der Waals surface area contributed by atoms with E-state index in [1.807, 2.05) is 6.92 Å². The molecule has 2 amide bonds. The molecule has 198 valence electrons. The number of ether oxygens (including phenoxy) is 1. The number of rotatable bonds is 13. The molecule has 2 aromatic rings. The Balaban J connectivity index is 2.45. The van der Waals surface area contributed by atoms with Crippen molar-refractivity contribution in [3.8, 4) is 5.75 Å². The highest BCUT2D eigenvalue weighted by Gasteiger charge is 2.32. The molecule has 1 unspecified atom stereocenters. The number of nitrogens with one attached hydrogen (secondary N) is 1. The maximum absolute atomic E-state index is 13.7. The summed E-state index contributed by atoms with van der Waals surface area (Å²) >= 11 is 12.7. The summed E-state index contributed by atoms with van der Waals surface area (Å²) in [5, 5.41) is 3.56. The Bertz CT molecular complexity index is 1120. The van der Waals surface area contributed by atoms with Gasteiger partial charge in [0.05, 0.1) is 19.1 Å². The van der Waals surface area contributed by atoms with Crippen LogP contribution in [0.3, 0.4) is 0 Å². The van der Waals surface area contributed by atoms with Gasteiger partial charge in [-0.05, 0) is 49.2 Å². The average Bonchev–Trinajstić information content (AvgIpc) is 2.83. The summed E-state index contributed by atoms with van der Waals surface area (Å²) < 4.78 is 31.5. The van der Waals surface area contributed by atoms with E-state index in [1.54, 1.807) is 49.4 Å². The molecule has 0 aliphatic heterocycles. The van der Waals surface area contributed by atoms with E-state index in [1.165, 1.54) is 12.0 Å². The van der Waals surface area contributed by atoms with Gasteiger partial charge in [0.2, 0.25) is 21.8 Å². The van der Waals surface area contributed by atoms with Gasteiger partial charge in [-0.15, -0.1) is 0 Å². The second-order valence-electron chi connectivity index (χ2n) is 8.26. The predicted molar refractivity (Wildman–Crippen MR) is 144 cm³/mol. The monoisotopic (exact) mass is 557 g/mol. The van der Waals surface area contributed by atoms with Gasteiger partial charge in [0, 0.05) is 28.7 Å².